The molecule has 0 amide bonds. The Morgan fingerprint density at radius 1 is 0.862 bits per heavy atom. The molecule has 0 saturated heterocycles. The third-order valence-corrected chi connectivity index (χ3v) is 6.55. The average Bonchev–Trinajstić information content (AvgIpc) is 3.30. The van der Waals surface area contributed by atoms with Crippen molar-refractivity contribution in [3.8, 4) is 22.5 Å². The van der Waals surface area contributed by atoms with Gasteiger partial charge in [-0.1, -0.05) is 29.8 Å². The van der Waals surface area contributed by atoms with Gasteiger partial charge in [0.05, 0.1) is 21.3 Å². The van der Waals surface area contributed by atoms with Gasteiger partial charge in [-0.05, 0) is 26.0 Å². The number of aryl methyl sites for hydroxylation is 4. The zero-order valence-corrected chi connectivity index (χ0v) is 17.9. The molecule has 0 saturated carbocycles. The fourth-order valence-corrected chi connectivity index (χ4v) is 5.00. The molecule has 3 heterocycles. The van der Waals surface area contributed by atoms with Crippen LogP contribution in [0.2, 0.25) is 5.02 Å². The van der Waals surface area contributed by atoms with E-state index in [1.165, 1.54) is 12.1 Å². The quantitative estimate of drug-likeness (QED) is 0.496. The van der Waals surface area contributed by atoms with Crippen molar-refractivity contribution in [1.29, 1.82) is 0 Å². The van der Waals surface area contributed by atoms with Crippen LogP contribution in [0.1, 0.15) is 11.4 Å². The maximum atomic E-state index is 13.4. The number of aromatic nitrogens is 6. The molecule has 0 N–H and O–H groups in total. The highest BCUT2D eigenvalue weighted by Gasteiger charge is 2.30. The topological polar surface area (TPSA) is 87.6 Å². The maximum absolute atomic E-state index is 13.4. The van der Waals surface area contributed by atoms with E-state index in [1.54, 1.807) is 61.0 Å². The first-order chi connectivity index (χ1) is 13.7. The highest BCUT2D eigenvalue weighted by atomic mass is 35.5. The lowest BCUT2D eigenvalue weighted by atomic mass is 10.1. The lowest BCUT2D eigenvalue weighted by Gasteiger charge is -2.08. The second kappa shape index (κ2) is 6.85. The van der Waals surface area contributed by atoms with E-state index in [9.17, 15) is 8.42 Å². The van der Waals surface area contributed by atoms with Crippen LogP contribution in [0.15, 0.2) is 47.6 Å². The van der Waals surface area contributed by atoms with Crippen molar-refractivity contribution < 1.29 is 8.42 Å². The average molecular weight is 431 g/mol. The predicted octanol–water partition coefficient (Wildman–Crippen LogP) is 3.19. The van der Waals surface area contributed by atoms with Crippen molar-refractivity contribution in [2.24, 2.45) is 14.1 Å². The molecule has 1 aromatic carbocycles. The van der Waals surface area contributed by atoms with E-state index in [0.717, 1.165) is 4.09 Å². The van der Waals surface area contributed by atoms with Crippen LogP contribution in [0, 0.1) is 13.8 Å². The summed E-state index contributed by atoms with van der Waals surface area (Å²) in [6.07, 6.45) is 3.50. The van der Waals surface area contributed by atoms with Crippen molar-refractivity contribution >= 4 is 21.6 Å². The molecule has 0 radical (unpaired) electrons. The summed E-state index contributed by atoms with van der Waals surface area (Å²) in [6.45, 7) is 3.62. The van der Waals surface area contributed by atoms with Gasteiger partial charge in [0, 0.05) is 37.6 Å². The minimum absolute atomic E-state index is 0.122. The zero-order valence-electron chi connectivity index (χ0n) is 16.3. The lowest BCUT2D eigenvalue weighted by Crippen LogP contribution is -2.16. The van der Waals surface area contributed by atoms with E-state index in [1.807, 2.05) is 6.92 Å². The summed E-state index contributed by atoms with van der Waals surface area (Å²) >= 11 is 6.73. The minimum Gasteiger partial charge on any atom is -0.275 e. The van der Waals surface area contributed by atoms with Crippen molar-refractivity contribution in [2.75, 3.05) is 0 Å². The Balaban J connectivity index is 2.06. The third kappa shape index (κ3) is 3.16. The maximum Gasteiger partial charge on any atom is 0.283 e. The van der Waals surface area contributed by atoms with Crippen LogP contribution >= 0.6 is 11.6 Å². The Morgan fingerprint density at radius 2 is 1.41 bits per heavy atom. The fraction of sp³-hybridized carbons (Fsp3) is 0.211. The molecule has 0 bridgehead atoms. The normalized spacial score (nSPS) is 11.9. The van der Waals surface area contributed by atoms with E-state index < -0.39 is 10.0 Å². The lowest BCUT2D eigenvalue weighted by molar-refractivity contribution is 0.581. The molecule has 10 heteroatoms. The first kappa shape index (κ1) is 19.4. The Bertz CT molecular complexity index is 1320. The van der Waals surface area contributed by atoms with Crippen LogP contribution in [0.4, 0.5) is 0 Å². The molecule has 150 valence electrons. The SMILES string of the molecule is Cc1nn(C)cc1-c1nn(S(=O)(=O)c2ccccc2)c(-c2cn(C)nc2C)c1Cl. The Labute approximate surface area is 173 Å². The highest BCUT2D eigenvalue weighted by Crippen LogP contribution is 2.39. The molecule has 0 fully saturated rings. The van der Waals surface area contributed by atoms with E-state index in [2.05, 4.69) is 15.3 Å². The van der Waals surface area contributed by atoms with E-state index in [-0.39, 0.29) is 15.6 Å². The van der Waals surface area contributed by atoms with E-state index in [4.69, 9.17) is 11.6 Å². The number of nitrogens with zero attached hydrogens (tertiary/aromatic N) is 6. The van der Waals surface area contributed by atoms with Crippen LogP contribution in [0.5, 0.6) is 0 Å². The van der Waals surface area contributed by atoms with Gasteiger partial charge in [-0.15, -0.1) is 0 Å². The summed E-state index contributed by atoms with van der Waals surface area (Å²) in [5, 5.41) is 13.3. The van der Waals surface area contributed by atoms with Gasteiger partial charge >= 0.3 is 0 Å². The molecular formula is C19H19ClN6O2S. The first-order valence-corrected chi connectivity index (χ1v) is 10.6. The Kier molecular flexibility index (Phi) is 4.59. The molecule has 0 spiro atoms. The Morgan fingerprint density at radius 3 is 1.93 bits per heavy atom. The molecule has 29 heavy (non-hydrogen) atoms. The monoisotopic (exact) mass is 430 g/mol. The van der Waals surface area contributed by atoms with Crippen LogP contribution in [0.3, 0.4) is 0 Å². The smallest absolute Gasteiger partial charge is 0.275 e. The highest BCUT2D eigenvalue weighted by molar-refractivity contribution is 7.90. The molecule has 4 aromatic rings. The second-order valence-corrected chi connectivity index (χ2v) is 8.92. The first-order valence-electron chi connectivity index (χ1n) is 8.80. The molecular weight excluding hydrogens is 412 g/mol. The number of hydrogen-bond donors (Lipinski definition) is 0. The molecule has 0 aliphatic carbocycles. The van der Waals surface area contributed by atoms with E-state index in [0.29, 0.717) is 28.2 Å². The fourth-order valence-electron chi connectivity index (χ4n) is 3.30. The summed E-state index contributed by atoms with van der Waals surface area (Å²) in [5.74, 6) is 0. The summed E-state index contributed by atoms with van der Waals surface area (Å²) in [6, 6.07) is 8.14. The van der Waals surface area contributed by atoms with Gasteiger partial charge < -0.3 is 0 Å². The summed E-state index contributed by atoms with van der Waals surface area (Å²) in [5.41, 5.74) is 3.24. The van der Waals surface area contributed by atoms with Crippen molar-refractivity contribution in [1.82, 2.24) is 28.7 Å². The van der Waals surface area contributed by atoms with Crippen LogP contribution in [0.25, 0.3) is 22.5 Å². The largest absolute Gasteiger partial charge is 0.283 e. The molecule has 8 nitrogen and oxygen atoms in total. The molecule has 0 aliphatic rings. The van der Waals surface area contributed by atoms with Crippen molar-refractivity contribution in [3.05, 3.63) is 59.1 Å². The van der Waals surface area contributed by atoms with Gasteiger partial charge in [-0.3, -0.25) is 9.36 Å². The molecule has 0 aliphatic heterocycles. The van der Waals surface area contributed by atoms with Gasteiger partial charge in [0.15, 0.2) is 0 Å². The number of hydrogen-bond acceptors (Lipinski definition) is 5. The second-order valence-electron chi connectivity index (χ2n) is 6.78. The van der Waals surface area contributed by atoms with E-state index >= 15 is 0 Å². The number of halogens is 1. The standard InChI is InChI=1S/C19H19ClN6O2S/c1-12-15(10-24(3)21-12)18-17(20)19(16-11-25(4)22-13(16)2)26(23-18)29(27,28)14-8-6-5-7-9-14/h5-11H,1-4H3. The van der Waals surface area contributed by atoms with Crippen LogP contribution < -0.4 is 0 Å². The van der Waals surface area contributed by atoms with Crippen molar-refractivity contribution in [3.63, 3.8) is 0 Å². The predicted molar refractivity (Wildman–Crippen MR) is 110 cm³/mol. The number of benzene rings is 1. The van der Waals surface area contributed by atoms with Gasteiger partial charge in [0.25, 0.3) is 10.0 Å². The van der Waals surface area contributed by atoms with Crippen LogP contribution in [-0.4, -0.2) is 37.2 Å². The molecule has 3 aromatic heterocycles. The third-order valence-electron chi connectivity index (χ3n) is 4.60. The van der Waals surface area contributed by atoms with Gasteiger partial charge in [0.1, 0.15) is 11.4 Å². The molecule has 0 unspecified atom stereocenters. The van der Waals surface area contributed by atoms with Gasteiger partial charge in [0.2, 0.25) is 0 Å². The van der Waals surface area contributed by atoms with Gasteiger partial charge in [-0.2, -0.15) is 27.8 Å². The zero-order chi connectivity index (χ0) is 20.9. The van der Waals surface area contributed by atoms with Crippen molar-refractivity contribution in [2.45, 2.75) is 18.7 Å². The summed E-state index contributed by atoms with van der Waals surface area (Å²) < 4.78 is 31.1. The molecule has 4 rings (SSSR count). The minimum atomic E-state index is -3.98. The summed E-state index contributed by atoms with van der Waals surface area (Å²) in [7, 11) is -0.431. The number of rotatable bonds is 4. The molecule has 0 atom stereocenters. The van der Waals surface area contributed by atoms with Crippen LogP contribution in [-0.2, 0) is 24.1 Å². The van der Waals surface area contributed by atoms with Gasteiger partial charge in [-0.25, -0.2) is 0 Å². The summed E-state index contributed by atoms with van der Waals surface area (Å²) in [4.78, 5) is 0.122. The Hall–Kier alpha value is -2.91.